The van der Waals surface area contributed by atoms with E-state index < -0.39 is 0 Å². The van der Waals surface area contributed by atoms with Crippen molar-refractivity contribution in [3.63, 3.8) is 0 Å². The third-order valence-corrected chi connectivity index (χ3v) is 2.82. The molecule has 0 radical (unpaired) electrons. The van der Waals surface area contributed by atoms with Crippen molar-refractivity contribution in [1.29, 1.82) is 0 Å². The summed E-state index contributed by atoms with van der Waals surface area (Å²) >= 11 is 5.95. The van der Waals surface area contributed by atoms with Gasteiger partial charge in [0, 0.05) is 17.5 Å². The minimum atomic E-state index is 0.0488. The van der Waals surface area contributed by atoms with E-state index in [1.54, 1.807) is 7.05 Å². The highest BCUT2D eigenvalue weighted by Crippen LogP contribution is 2.13. The largest absolute Gasteiger partial charge is 0.271 e. The number of benzene rings is 1. The first-order valence-electron chi connectivity index (χ1n) is 5.61. The second-order valence-corrected chi connectivity index (χ2v) is 4.53. The average molecular weight is 267 g/mol. The summed E-state index contributed by atoms with van der Waals surface area (Å²) in [4.78, 5) is 1.43. The molecule has 6 nitrogen and oxygen atoms in total. The summed E-state index contributed by atoms with van der Waals surface area (Å²) in [5, 5.41) is 12.6. The third-order valence-electron chi connectivity index (χ3n) is 2.59. The fraction of sp³-hybridized carbons (Fsp3) is 0.364. The maximum absolute atomic E-state index is 5.95. The molecule has 3 N–H and O–H groups in total. The number of aromatic nitrogens is 4. The lowest BCUT2D eigenvalue weighted by molar-refractivity contribution is 0.510. The van der Waals surface area contributed by atoms with Crippen LogP contribution in [0.1, 0.15) is 11.4 Å². The maximum atomic E-state index is 5.95. The van der Waals surface area contributed by atoms with E-state index in [0.29, 0.717) is 12.2 Å². The lowest BCUT2D eigenvalue weighted by Crippen LogP contribution is -2.38. The van der Waals surface area contributed by atoms with Crippen molar-refractivity contribution in [3.8, 4) is 0 Å². The molecule has 0 spiro atoms. The molecule has 0 aliphatic rings. The number of nitrogens with zero attached hydrogens (tertiary/aromatic N) is 4. The molecule has 1 aromatic heterocycles. The van der Waals surface area contributed by atoms with Crippen molar-refractivity contribution < 1.29 is 0 Å². The first kappa shape index (κ1) is 12.9. The van der Waals surface area contributed by atoms with Crippen LogP contribution in [0.25, 0.3) is 0 Å². The van der Waals surface area contributed by atoms with Gasteiger partial charge in [-0.1, -0.05) is 23.7 Å². The Morgan fingerprint density at radius 1 is 1.44 bits per heavy atom. The van der Waals surface area contributed by atoms with E-state index in [1.165, 1.54) is 4.80 Å². The Bertz CT molecular complexity index is 512. The molecule has 1 atom stereocenters. The van der Waals surface area contributed by atoms with Gasteiger partial charge in [-0.05, 0) is 29.3 Å². The monoisotopic (exact) mass is 266 g/mol. The van der Waals surface area contributed by atoms with Gasteiger partial charge in [0.25, 0.3) is 0 Å². The summed E-state index contributed by atoms with van der Waals surface area (Å²) in [5.41, 5.74) is 3.89. The number of hydrogen-bond acceptors (Lipinski definition) is 5. The van der Waals surface area contributed by atoms with Gasteiger partial charge in [-0.25, -0.2) is 0 Å². The number of nitrogens with two attached hydrogens (primary N) is 1. The zero-order chi connectivity index (χ0) is 13.0. The molecular weight excluding hydrogens is 252 g/mol. The molecule has 2 rings (SSSR count). The van der Waals surface area contributed by atoms with Crippen LogP contribution in [0, 0.1) is 0 Å². The van der Waals surface area contributed by atoms with E-state index in [9.17, 15) is 0 Å². The first-order valence-corrected chi connectivity index (χ1v) is 5.98. The second kappa shape index (κ2) is 5.90. The zero-order valence-electron chi connectivity index (χ0n) is 10.0. The Morgan fingerprint density at radius 2 is 2.28 bits per heavy atom. The molecule has 1 heterocycles. The molecule has 0 bridgehead atoms. The van der Waals surface area contributed by atoms with E-state index in [0.717, 1.165) is 17.0 Å². The predicted molar refractivity (Wildman–Crippen MR) is 68.8 cm³/mol. The summed E-state index contributed by atoms with van der Waals surface area (Å²) in [7, 11) is 1.73. The second-order valence-electron chi connectivity index (χ2n) is 4.10. The molecule has 2 aromatic rings. The van der Waals surface area contributed by atoms with Crippen LogP contribution < -0.4 is 11.3 Å². The highest BCUT2D eigenvalue weighted by molar-refractivity contribution is 6.30. The molecule has 0 saturated heterocycles. The Kier molecular flexibility index (Phi) is 4.24. The quantitative estimate of drug-likeness (QED) is 0.608. The van der Waals surface area contributed by atoms with Crippen LogP contribution in [-0.2, 0) is 19.9 Å². The van der Waals surface area contributed by atoms with Crippen molar-refractivity contribution in [3.05, 3.63) is 40.7 Å². The van der Waals surface area contributed by atoms with Gasteiger partial charge in [0.1, 0.15) is 0 Å². The van der Waals surface area contributed by atoms with Gasteiger partial charge in [0.05, 0.1) is 7.05 Å². The fourth-order valence-electron chi connectivity index (χ4n) is 1.76. The molecule has 0 fully saturated rings. The highest BCUT2D eigenvalue weighted by Gasteiger charge is 2.12. The molecule has 1 unspecified atom stereocenters. The number of aryl methyl sites for hydroxylation is 1. The van der Waals surface area contributed by atoms with Crippen LogP contribution in [0.3, 0.4) is 0 Å². The van der Waals surface area contributed by atoms with Gasteiger partial charge in [0.2, 0.25) is 0 Å². The van der Waals surface area contributed by atoms with E-state index in [2.05, 4.69) is 20.8 Å². The Hall–Kier alpha value is -1.50. The Morgan fingerprint density at radius 3 is 2.89 bits per heavy atom. The third kappa shape index (κ3) is 3.49. The standard InChI is InChI=1S/C11H15ClN6/c1-18-16-11(15-17-18)7-10(14-13)6-8-3-2-4-9(12)5-8/h2-5,10,14H,6-7,13H2,1H3. The maximum Gasteiger partial charge on any atom is 0.176 e. The first-order chi connectivity index (χ1) is 8.67. The van der Waals surface area contributed by atoms with E-state index in [4.69, 9.17) is 17.4 Å². The topological polar surface area (TPSA) is 81.7 Å². The molecular formula is C11H15ClN6. The van der Waals surface area contributed by atoms with E-state index in [-0.39, 0.29) is 6.04 Å². The smallest absolute Gasteiger partial charge is 0.176 e. The van der Waals surface area contributed by atoms with Gasteiger partial charge < -0.3 is 0 Å². The molecule has 0 aliphatic carbocycles. The number of nitrogens with one attached hydrogen (secondary N) is 1. The normalized spacial score (nSPS) is 12.6. The predicted octanol–water partition coefficient (Wildman–Crippen LogP) is 0.481. The SMILES string of the molecule is Cn1nnc(CC(Cc2cccc(Cl)c2)NN)n1. The number of rotatable bonds is 5. The molecule has 0 amide bonds. The zero-order valence-corrected chi connectivity index (χ0v) is 10.8. The van der Waals surface area contributed by atoms with Gasteiger partial charge in [-0.3, -0.25) is 11.3 Å². The summed E-state index contributed by atoms with van der Waals surface area (Å²) in [6.45, 7) is 0. The van der Waals surface area contributed by atoms with Crippen molar-refractivity contribution in [2.45, 2.75) is 18.9 Å². The van der Waals surface area contributed by atoms with Crippen LogP contribution >= 0.6 is 11.6 Å². The van der Waals surface area contributed by atoms with Crippen molar-refractivity contribution >= 4 is 11.6 Å². The molecule has 18 heavy (non-hydrogen) atoms. The van der Waals surface area contributed by atoms with Gasteiger partial charge in [-0.15, -0.1) is 10.2 Å². The van der Waals surface area contributed by atoms with Crippen molar-refractivity contribution in [1.82, 2.24) is 25.6 Å². The van der Waals surface area contributed by atoms with Crippen molar-refractivity contribution in [2.24, 2.45) is 12.9 Å². The minimum Gasteiger partial charge on any atom is -0.271 e. The number of tetrazole rings is 1. The lowest BCUT2D eigenvalue weighted by Gasteiger charge is -2.13. The van der Waals surface area contributed by atoms with E-state index >= 15 is 0 Å². The van der Waals surface area contributed by atoms with Gasteiger partial charge >= 0.3 is 0 Å². The molecule has 0 saturated carbocycles. The van der Waals surface area contributed by atoms with Crippen LogP contribution in [-0.4, -0.2) is 26.2 Å². The van der Waals surface area contributed by atoms with Crippen molar-refractivity contribution in [2.75, 3.05) is 0 Å². The lowest BCUT2D eigenvalue weighted by atomic mass is 10.0. The Balaban J connectivity index is 2.01. The molecule has 0 aliphatic heterocycles. The van der Waals surface area contributed by atoms with Gasteiger partial charge in [-0.2, -0.15) is 4.80 Å². The minimum absolute atomic E-state index is 0.0488. The number of hydrazine groups is 1. The number of hydrogen-bond donors (Lipinski definition) is 2. The summed E-state index contributed by atoms with van der Waals surface area (Å²) in [6, 6.07) is 7.76. The van der Waals surface area contributed by atoms with Crippen LogP contribution in [0.5, 0.6) is 0 Å². The van der Waals surface area contributed by atoms with Gasteiger partial charge in [0.15, 0.2) is 5.82 Å². The molecule has 96 valence electrons. The fourth-order valence-corrected chi connectivity index (χ4v) is 1.98. The van der Waals surface area contributed by atoms with E-state index in [1.807, 2.05) is 24.3 Å². The molecule has 1 aromatic carbocycles. The average Bonchev–Trinajstić information content (AvgIpc) is 2.74. The highest BCUT2D eigenvalue weighted by atomic mass is 35.5. The number of halogens is 1. The van der Waals surface area contributed by atoms with Crippen LogP contribution in [0.15, 0.2) is 24.3 Å². The van der Waals surface area contributed by atoms with Crippen LogP contribution in [0.2, 0.25) is 5.02 Å². The van der Waals surface area contributed by atoms with Crippen LogP contribution in [0.4, 0.5) is 0 Å². The molecule has 7 heteroatoms. The summed E-state index contributed by atoms with van der Waals surface area (Å²) < 4.78 is 0. The Labute approximate surface area is 110 Å². The summed E-state index contributed by atoms with van der Waals surface area (Å²) in [5.74, 6) is 6.22. The summed E-state index contributed by atoms with van der Waals surface area (Å²) in [6.07, 6.45) is 1.38.